The zero-order valence-electron chi connectivity index (χ0n) is 20.5. The van der Waals surface area contributed by atoms with Gasteiger partial charge in [0.05, 0.1) is 17.9 Å². The number of rotatable bonds is 8. The number of amides is 1. The minimum atomic E-state index is -0.367. The number of halogens is 1. The zero-order chi connectivity index (χ0) is 25.5. The topological polar surface area (TPSA) is 67.4 Å². The van der Waals surface area contributed by atoms with Gasteiger partial charge in [-0.3, -0.25) is 19.7 Å². The van der Waals surface area contributed by atoms with Crippen molar-refractivity contribution in [2.24, 2.45) is 5.92 Å². The lowest BCUT2D eigenvalue weighted by molar-refractivity contribution is -0.127. The second-order valence-electron chi connectivity index (χ2n) is 9.23. The van der Waals surface area contributed by atoms with E-state index in [9.17, 15) is 4.79 Å². The van der Waals surface area contributed by atoms with Crippen LogP contribution in [0.5, 0.6) is 11.5 Å². The van der Waals surface area contributed by atoms with Gasteiger partial charge in [0.15, 0.2) is 0 Å². The van der Waals surface area contributed by atoms with E-state index in [0.29, 0.717) is 10.7 Å². The lowest BCUT2D eigenvalue weighted by Gasteiger charge is -2.32. The fourth-order valence-electron chi connectivity index (χ4n) is 4.60. The van der Waals surface area contributed by atoms with E-state index >= 15 is 0 Å². The van der Waals surface area contributed by atoms with Gasteiger partial charge in [-0.1, -0.05) is 54.1 Å². The van der Waals surface area contributed by atoms with Gasteiger partial charge in [-0.15, -0.1) is 0 Å². The minimum Gasteiger partial charge on any atom is -0.457 e. The molecule has 0 spiro atoms. The molecule has 1 unspecified atom stereocenters. The van der Waals surface area contributed by atoms with Gasteiger partial charge in [-0.2, -0.15) is 0 Å². The normalized spacial score (nSPS) is 15.2. The summed E-state index contributed by atoms with van der Waals surface area (Å²) >= 11 is 6.08. The van der Waals surface area contributed by atoms with Crippen LogP contribution < -0.4 is 10.1 Å². The molecule has 3 aromatic carbocycles. The molecule has 1 fully saturated rings. The van der Waals surface area contributed by atoms with Crippen LogP contribution in [0.25, 0.3) is 0 Å². The maximum atomic E-state index is 13.3. The van der Waals surface area contributed by atoms with Gasteiger partial charge in [-0.25, -0.2) is 0 Å². The third-order valence-corrected chi connectivity index (χ3v) is 6.89. The summed E-state index contributed by atoms with van der Waals surface area (Å²) in [6.07, 6.45) is 6.59. The molecule has 6 nitrogen and oxygen atoms in total. The zero-order valence-corrected chi connectivity index (χ0v) is 21.2. The number of ether oxygens (including phenoxy) is 1. The Labute approximate surface area is 222 Å². The average molecular weight is 513 g/mol. The summed E-state index contributed by atoms with van der Waals surface area (Å²) in [5, 5.41) is 3.86. The van der Waals surface area contributed by atoms with Crippen molar-refractivity contribution < 1.29 is 9.53 Å². The SMILES string of the molecule is O=C(NC(c1ccc(Cl)cc1)c1cnccn1)C1CCN(Cc2ccc(Oc3ccccc3)cc2)CC1. The monoisotopic (exact) mass is 512 g/mol. The second-order valence-corrected chi connectivity index (χ2v) is 9.67. The number of hydrogen-bond donors (Lipinski definition) is 1. The molecule has 1 aromatic heterocycles. The molecule has 0 saturated carbocycles. The standard InChI is InChI=1S/C30H29ClN4O2/c31-25-10-8-23(9-11-25)29(28-20-32-16-17-33-28)34-30(36)24-14-18-35(19-15-24)21-22-6-12-27(13-7-22)37-26-4-2-1-3-5-26/h1-13,16-17,20,24,29H,14-15,18-19,21H2,(H,34,36). The Morgan fingerprint density at radius 2 is 1.65 bits per heavy atom. The van der Waals surface area contributed by atoms with Gasteiger partial charge < -0.3 is 10.1 Å². The Balaban J connectivity index is 1.15. The van der Waals surface area contributed by atoms with Crippen LogP contribution in [0.2, 0.25) is 5.02 Å². The Kier molecular flexibility index (Phi) is 8.08. The number of carbonyl (C=O) groups is 1. The van der Waals surface area contributed by atoms with Crippen LogP contribution in [0.4, 0.5) is 0 Å². The van der Waals surface area contributed by atoms with Gasteiger partial charge in [-0.05, 0) is 73.5 Å². The molecule has 4 aromatic rings. The van der Waals surface area contributed by atoms with Crippen molar-refractivity contribution in [1.82, 2.24) is 20.2 Å². The average Bonchev–Trinajstić information content (AvgIpc) is 2.95. The van der Waals surface area contributed by atoms with Gasteiger partial charge in [0.2, 0.25) is 5.91 Å². The highest BCUT2D eigenvalue weighted by molar-refractivity contribution is 6.30. The molecule has 5 rings (SSSR count). The van der Waals surface area contributed by atoms with Crippen molar-refractivity contribution in [2.45, 2.75) is 25.4 Å². The molecule has 1 aliphatic heterocycles. The number of carbonyl (C=O) groups excluding carboxylic acids is 1. The quantitative estimate of drug-likeness (QED) is 0.312. The molecule has 188 valence electrons. The maximum Gasteiger partial charge on any atom is 0.224 e. The number of benzene rings is 3. The molecule has 37 heavy (non-hydrogen) atoms. The summed E-state index contributed by atoms with van der Waals surface area (Å²) < 4.78 is 5.89. The number of hydrogen-bond acceptors (Lipinski definition) is 5. The van der Waals surface area contributed by atoms with Crippen molar-refractivity contribution in [2.75, 3.05) is 13.1 Å². The van der Waals surface area contributed by atoms with Crippen LogP contribution in [0.15, 0.2) is 97.5 Å². The number of piperidine rings is 1. The molecular weight excluding hydrogens is 484 g/mol. The number of likely N-dealkylation sites (tertiary alicyclic amines) is 1. The van der Waals surface area contributed by atoms with Gasteiger partial charge in [0.1, 0.15) is 11.5 Å². The highest BCUT2D eigenvalue weighted by atomic mass is 35.5. The summed E-state index contributed by atoms with van der Waals surface area (Å²) in [6, 6.07) is 25.1. The molecule has 0 radical (unpaired) electrons. The first kappa shape index (κ1) is 24.9. The first-order valence-corrected chi connectivity index (χ1v) is 12.9. The maximum absolute atomic E-state index is 13.3. The lowest BCUT2D eigenvalue weighted by atomic mass is 9.94. The molecule has 1 amide bonds. The summed E-state index contributed by atoms with van der Waals surface area (Å²) in [4.78, 5) is 24.3. The van der Waals surface area contributed by atoms with E-state index in [2.05, 4.69) is 32.3 Å². The largest absolute Gasteiger partial charge is 0.457 e. The van der Waals surface area contributed by atoms with Crippen molar-refractivity contribution in [3.8, 4) is 11.5 Å². The Bertz CT molecular complexity index is 1280. The molecule has 1 saturated heterocycles. The van der Waals surface area contributed by atoms with Crippen molar-refractivity contribution in [3.63, 3.8) is 0 Å². The fourth-order valence-corrected chi connectivity index (χ4v) is 4.73. The summed E-state index contributed by atoms with van der Waals surface area (Å²) in [5.41, 5.74) is 2.86. The van der Waals surface area contributed by atoms with E-state index in [1.165, 1.54) is 5.56 Å². The van der Waals surface area contributed by atoms with Crippen molar-refractivity contribution in [1.29, 1.82) is 0 Å². The molecule has 1 aliphatic rings. The van der Waals surface area contributed by atoms with Gasteiger partial charge in [0, 0.05) is 29.9 Å². The third-order valence-electron chi connectivity index (χ3n) is 6.64. The van der Waals surface area contributed by atoms with Crippen LogP contribution in [0.1, 0.15) is 35.7 Å². The smallest absolute Gasteiger partial charge is 0.224 e. The molecule has 1 atom stereocenters. The van der Waals surface area contributed by atoms with Gasteiger partial charge >= 0.3 is 0 Å². The summed E-state index contributed by atoms with van der Waals surface area (Å²) in [7, 11) is 0. The van der Waals surface area contributed by atoms with Crippen LogP contribution in [0.3, 0.4) is 0 Å². The molecule has 0 aliphatic carbocycles. The lowest BCUT2D eigenvalue weighted by Crippen LogP contribution is -2.41. The van der Waals surface area contributed by atoms with Crippen molar-refractivity contribution >= 4 is 17.5 Å². The summed E-state index contributed by atoms with van der Waals surface area (Å²) in [5.74, 6) is 1.66. The third kappa shape index (κ3) is 6.73. The molecule has 2 heterocycles. The Morgan fingerprint density at radius 3 is 2.32 bits per heavy atom. The fraction of sp³-hybridized carbons (Fsp3) is 0.233. The van der Waals surface area contributed by atoms with E-state index in [4.69, 9.17) is 16.3 Å². The van der Waals surface area contributed by atoms with E-state index in [1.54, 1.807) is 18.6 Å². The molecule has 0 bridgehead atoms. The first-order chi connectivity index (χ1) is 18.1. The Morgan fingerprint density at radius 1 is 0.946 bits per heavy atom. The van der Waals surface area contributed by atoms with Crippen molar-refractivity contribution in [3.05, 3.63) is 119 Å². The second kappa shape index (κ2) is 12.0. The predicted octanol–water partition coefficient (Wildman–Crippen LogP) is 6.04. The number of nitrogens with one attached hydrogen (secondary N) is 1. The van der Waals surface area contributed by atoms with Crippen LogP contribution in [-0.2, 0) is 11.3 Å². The Hall–Kier alpha value is -3.74. The number of aromatic nitrogens is 2. The number of para-hydroxylation sites is 1. The van der Waals surface area contributed by atoms with Crippen LogP contribution >= 0.6 is 11.6 Å². The van der Waals surface area contributed by atoms with Crippen LogP contribution in [0, 0.1) is 5.92 Å². The highest BCUT2D eigenvalue weighted by Crippen LogP contribution is 2.26. The van der Waals surface area contributed by atoms with E-state index < -0.39 is 0 Å². The molecule has 7 heteroatoms. The van der Waals surface area contributed by atoms with E-state index in [1.807, 2.05) is 66.7 Å². The van der Waals surface area contributed by atoms with Gasteiger partial charge in [0.25, 0.3) is 0 Å². The van der Waals surface area contributed by atoms with Crippen LogP contribution in [-0.4, -0.2) is 33.9 Å². The summed E-state index contributed by atoms with van der Waals surface area (Å²) in [6.45, 7) is 2.60. The predicted molar refractivity (Wildman–Crippen MR) is 144 cm³/mol. The molecule has 1 N–H and O–H groups in total. The number of nitrogens with zero attached hydrogens (tertiary/aromatic N) is 3. The highest BCUT2D eigenvalue weighted by Gasteiger charge is 2.28. The minimum absolute atomic E-state index is 0.0376. The van der Waals surface area contributed by atoms with E-state index in [0.717, 1.165) is 49.5 Å². The van der Waals surface area contributed by atoms with E-state index in [-0.39, 0.29) is 17.9 Å². The molecular formula is C30H29ClN4O2. The first-order valence-electron chi connectivity index (χ1n) is 12.5.